The maximum Gasteiger partial charge on any atom is 0.291 e. The van der Waals surface area contributed by atoms with E-state index in [1.807, 2.05) is 24.3 Å². The van der Waals surface area contributed by atoms with Gasteiger partial charge in [0.15, 0.2) is 5.76 Å². The molecule has 6 nitrogen and oxygen atoms in total. The number of furan rings is 1. The zero-order valence-electron chi connectivity index (χ0n) is 17.5. The van der Waals surface area contributed by atoms with Crippen molar-refractivity contribution >= 4 is 23.2 Å². The highest BCUT2D eigenvalue weighted by Gasteiger charge is 2.14. The predicted octanol–water partition coefficient (Wildman–Crippen LogP) is 4.98. The van der Waals surface area contributed by atoms with E-state index in [0.717, 1.165) is 11.1 Å². The van der Waals surface area contributed by atoms with E-state index in [2.05, 4.69) is 36.6 Å². The molecule has 30 heavy (non-hydrogen) atoms. The van der Waals surface area contributed by atoms with Gasteiger partial charge in [0.25, 0.3) is 11.8 Å². The second-order valence-corrected chi connectivity index (χ2v) is 7.97. The maximum atomic E-state index is 12.4. The molecule has 0 saturated carbocycles. The van der Waals surface area contributed by atoms with Crippen LogP contribution in [0.25, 0.3) is 0 Å². The first-order valence-electron chi connectivity index (χ1n) is 9.64. The van der Waals surface area contributed by atoms with Crippen molar-refractivity contribution in [3.8, 4) is 0 Å². The van der Waals surface area contributed by atoms with E-state index in [4.69, 9.17) is 4.42 Å². The maximum absolute atomic E-state index is 12.4. The van der Waals surface area contributed by atoms with Gasteiger partial charge in [-0.1, -0.05) is 45.0 Å². The fourth-order valence-electron chi connectivity index (χ4n) is 2.78. The average molecular weight is 403 g/mol. The number of anilines is 1. The summed E-state index contributed by atoms with van der Waals surface area (Å²) in [7, 11) is 0. The van der Waals surface area contributed by atoms with Crippen molar-refractivity contribution in [2.75, 3.05) is 5.32 Å². The number of nitrogens with zero attached hydrogens (tertiary/aromatic N) is 1. The summed E-state index contributed by atoms with van der Waals surface area (Å²) in [5.74, 6) is -0.338. The summed E-state index contributed by atoms with van der Waals surface area (Å²) in [4.78, 5) is 24.4. The van der Waals surface area contributed by atoms with Crippen LogP contribution < -0.4 is 10.7 Å². The van der Waals surface area contributed by atoms with Crippen LogP contribution in [0.1, 0.15) is 59.7 Å². The minimum Gasteiger partial charge on any atom is -0.459 e. The Hall–Kier alpha value is -3.67. The van der Waals surface area contributed by atoms with Crippen LogP contribution in [-0.2, 0) is 5.41 Å². The zero-order valence-corrected chi connectivity index (χ0v) is 17.5. The van der Waals surface area contributed by atoms with Crippen molar-refractivity contribution in [3.05, 3.63) is 89.4 Å². The largest absolute Gasteiger partial charge is 0.459 e. The van der Waals surface area contributed by atoms with E-state index in [9.17, 15) is 9.59 Å². The van der Waals surface area contributed by atoms with Crippen molar-refractivity contribution in [1.29, 1.82) is 0 Å². The summed E-state index contributed by atoms with van der Waals surface area (Å²) in [6.07, 6.45) is 1.45. The number of hydrogen-bond acceptors (Lipinski definition) is 4. The number of benzene rings is 2. The minimum absolute atomic E-state index is 0.0351. The summed E-state index contributed by atoms with van der Waals surface area (Å²) >= 11 is 0. The number of carbonyl (C=O) groups excluding carboxylic acids is 2. The van der Waals surface area contributed by atoms with Gasteiger partial charge in [0.1, 0.15) is 0 Å². The van der Waals surface area contributed by atoms with Crippen LogP contribution >= 0.6 is 0 Å². The molecule has 0 fully saturated rings. The van der Waals surface area contributed by atoms with Crippen molar-refractivity contribution in [2.24, 2.45) is 5.10 Å². The number of hydrazone groups is 1. The molecular weight excluding hydrogens is 378 g/mol. The summed E-state index contributed by atoms with van der Waals surface area (Å²) in [5.41, 5.74) is 6.45. The van der Waals surface area contributed by atoms with Crippen molar-refractivity contribution in [2.45, 2.75) is 33.1 Å². The highest BCUT2D eigenvalue weighted by molar-refractivity contribution is 6.03. The van der Waals surface area contributed by atoms with Crippen LogP contribution in [0.3, 0.4) is 0 Å². The molecule has 0 spiro atoms. The number of amides is 2. The first-order chi connectivity index (χ1) is 14.2. The smallest absolute Gasteiger partial charge is 0.291 e. The summed E-state index contributed by atoms with van der Waals surface area (Å²) in [5, 5.41) is 6.94. The van der Waals surface area contributed by atoms with Gasteiger partial charge in [0, 0.05) is 11.3 Å². The molecule has 0 bridgehead atoms. The van der Waals surface area contributed by atoms with Crippen LogP contribution in [0, 0.1) is 0 Å². The molecule has 1 heterocycles. The third-order valence-corrected chi connectivity index (χ3v) is 4.64. The second kappa shape index (κ2) is 8.78. The predicted molar refractivity (Wildman–Crippen MR) is 118 cm³/mol. The van der Waals surface area contributed by atoms with Crippen LogP contribution in [0.4, 0.5) is 5.69 Å². The fourth-order valence-corrected chi connectivity index (χ4v) is 2.78. The highest BCUT2D eigenvalue weighted by atomic mass is 16.3. The summed E-state index contributed by atoms with van der Waals surface area (Å²) in [6, 6.07) is 18.0. The third kappa shape index (κ3) is 5.23. The Morgan fingerprint density at radius 1 is 0.867 bits per heavy atom. The van der Waals surface area contributed by atoms with Gasteiger partial charge >= 0.3 is 0 Å². The Morgan fingerprint density at radius 2 is 1.50 bits per heavy atom. The quantitative estimate of drug-likeness (QED) is 0.465. The molecule has 0 aliphatic rings. The van der Waals surface area contributed by atoms with Crippen LogP contribution in [-0.4, -0.2) is 17.5 Å². The molecule has 2 amide bonds. The molecule has 6 heteroatoms. The van der Waals surface area contributed by atoms with Gasteiger partial charge in [-0.2, -0.15) is 5.10 Å². The standard InChI is InChI=1S/C24H25N3O3/c1-16(26-27-22(28)18-7-11-19(12-8-18)24(2,3)4)17-9-13-20(14-10-17)25-23(29)21-6-5-15-30-21/h5-15H,1-4H3,(H,25,29)(H,27,28). The normalized spacial score (nSPS) is 11.8. The lowest BCUT2D eigenvalue weighted by molar-refractivity contribution is 0.0953. The van der Waals surface area contributed by atoms with Gasteiger partial charge in [-0.15, -0.1) is 0 Å². The van der Waals surface area contributed by atoms with E-state index < -0.39 is 0 Å². The topological polar surface area (TPSA) is 83.7 Å². The molecule has 0 atom stereocenters. The first kappa shape index (κ1) is 21.0. The fraction of sp³-hybridized carbons (Fsp3) is 0.208. The van der Waals surface area contributed by atoms with Gasteiger partial charge in [0.2, 0.25) is 0 Å². The molecule has 0 saturated heterocycles. The summed E-state index contributed by atoms with van der Waals surface area (Å²) in [6.45, 7) is 8.19. The molecule has 0 radical (unpaired) electrons. The van der Waals surface area contributed by atoms with Gasteiger partial charge in [-0.25, -0.2) is 5.43 Å². The van der Waals surface area contributed by atoms with E-state index in [0.29, 0.717) is 17.0 Å². The van der Waals surface area contributed by atoms with E-state index in [-0.39, 0.29) is 23.0 Å². The van der Waals surface area contributed by atoms with Crippen LogP contribution in [0.5, 0.6) is 0 Å². The van der Waals surface area contributed by atoms with Gasteiger partial charge < -0.3 is 9.73 Å². The number of nitrogens with one attached hydrogen (secondary N) is 2. The van der Waals surface area contributed by atoms with E-state index in [1.54, 1.807) is 43.3 Å². The second-order valence-electron chi connectivity index (χ2n) is 7.97. The molecule has 3 aromatic rings. The monoisotopic (exact) mass is 403 g/mol. The molecule has 0 aliphatic carbocycles. The van der Waals surface area contributed by atoms with Gasteiger partial charge in [0.05, 0.1) is 12.0 Å². The molecule has 1 aromatic heterocycles. The first-order valence-corrected chi connectivity index (χ1v) is 9.64. The highest BCUT2D eigenvalue weighted by Crippen LogP contribution is 2.22. The molecule has 3 rings (SSSR count). The SMILES string of the molecule is CC(=NNC(=O)c1ccc(C(C)(C)C)cc1)c1ccc(NC(=O)c2ccco2)cc1. The number of carbonyl (C=O) groups is 2. The molecule has 2 aromatic carbocycles. The van der Waals surface area contributed by atoms with E-state index in [1.165, 1.54) is 6.26 Å². The van der Waals surface area contributed by atoms with Crippen LogP contribution in [0.15, 0.2) is 76.4 Å². The number of rotatable bonds is 5. The van der Waals surface area contributed by atoms with Crippen molar-refractivity contribution in [3.63, 3.8) is 0 Å². The van der Waals surface area contributed by atoms with Gasteiger partial charge in [-0.05, 0) is 59.9 Å². The Kier molecular flexibility index (Phi) is 6.16. The van der Waals surface area contributed by atoms with Crippen molar-refractivity contribution < 1.29 is 14.0 Å². The van der Waals surface area contributed by atoms with Crippen molar-refractivity contribution in [1.82, 2.24) is 5.43 Å². The Morgan fingerprint density at radius 3 is 2.07 bits per heavy atom. The molecule has 0 unspecified atom stereocenters. The Labute approximate surface area is 176 Å². The molecular formula is C24H25N3O3. The van der Waals surface area contributed by atoms with E-state index >= 15 is 0 Å². The lowest BCUT2D eigenvalue weighted by Crippen LogP contribution is -2.20. The average Bonchev–Trinajstić information content (AvgIpc) is 3.27. The molecule has 2 N–H and O–H groups in total. The molecule has 0 aliphatic heterocycles. The number of hydrogen-bond donors (Lipinski definition) is 2. The molecule has 154 valence electrons. The lowest BCUT2D eigenvalue weighted by Gasteiger charge is -2.18. The summed E-state index contributed by atoms with van der Waals surface area (Å²) < 4.78 is 5.07. The lowest BCUT2D eigenvalue weighted by atomic mass is 9.87. The third-order valence-electron chi connectivity index (χ3n) is 4.64. The Bertz CT molecular complexity index is 1040. The van der Waals surface area contributed by atoms with Gasteiger partial charge in [-0.3, -0.25) is 9.59 Å². The van der Waals surface area contributed by atoms with Crippen LogP contribution in [0.2, 0.25) is 0 Å². The zero-order chi connectivity index (χ0) is 21.7. The Balaban J connectivity index is 1.61. The minimum atomic E-state index is -0.317.